The van der Waals surface area contributed by atoms with Crippen LogP contribution >= 0.6 is 0 Å². The van der Waals surface area contributed by atoms with Gasteiger partial charge in [-0.15, -0.1) is 0 Å². The number of nitro groups is 2. The van der Waals surface area contributed by atoms with Gasteiger partial charge < -0.3 is 0 Å². The first-order valence-corrected chi connectivity index (χ1v) is 9.74. The molecule has 0 aliphatic heterocycles. The second kappa shape index (κ2) is 7.51. The number of hydrogen-bond donors (Lipinski definition) is 0. The zero-order chi connectivity index (χ0) is 24.2. The van der Waals surface area contributed by atoms with Gasteiger partial charge in [-0.2, -0.15) is 13.2 Å². The van der Waals surface area contributed by atoms with Gasteiger partial charge in [0.2, 0.25) is 0 Å². The highest BCUT2D eigenvalue weighted by Crippen LogP contribution is 2.48. The molecule has 1 aliphatic rings. The minimum atomic E-state index is -4.89. The molecule has 0 amide bonds. The third-order valence-corrected chi connectivity index (χ3v) is 5.49. The number of rotatable bonds is 3. The number of hydrogen-bond acceptors (Lipinski definition) is 5. The number of benzene rings is 3. The monoisotopic (exact) mass is 455 g/mol. The van der Waals surface area contributed by atoms with Gasteiger partial charge in [0.25, 0.3) is 11.4 Å². The summed E-state index contributed by atoms with van der Waals surface area (Å²) in [7, 11) is 0. The fraction of sp³-hybridized carbons (Fsp3) is 0.174. The molecule has 7 nitrogen and oxygen atoms in total. The number of aliphatic imine (C=N–C) groups is 1. The summed E-state index contributed by atoms with van der Waals surface area (Å²) in [6.45, 7) is 5.47. The molecule has 4 rings (SSSR count). The Morgan fingerprint density at radius 1 is 0.788 bits per heavy atom. The predicted molar refractivity (Wildman–Crippen MR) is 116 cm³/mol. The van der Waals surface area contributed by atoms with Crippen LogP contribution in [0.15, 0.2) is 47.5 Å². The van der Waals surface area contributed by atoms with Crippen molar-refractivity contribution in [2.24, 2.45) is 4.99 Å². The largest absolute Gasteiger partial charge is 0.417 e. The second-order valence-corrected chi connectivity index (χ2v) is 7.87. The SMILES string of the molecule is Cc1cc(C)c(N=C2c3cc([N+](=O)[O-])ccc3-c3c2cc([N+](=O)[O-])cc3C(F)(F)F)c(C)c1. The van der Waals surface area contributed by atoms with Crippen molar-refractivity contribution in [1.82, 2.24) is 0 Å². The third kappa shape index (κ3) is 3.73. The molecule has 3 aromatic rings. The van der Waals surface area contributed by atoms with E-state index in [2.05, 4.69) is 4.99 Å². The molecule has 0 heterocycles. The average Bonchev–Trinajstić information content (AvgIpc) is 3.01. The molecule has 0 atom stereocenters. The van der Waals surface area contributed by atoms with Crippen LogP contribution < -0.4 is 0 Å². The Kier molecular flexibility index (Phi) is 5.03. The Hall–Kier alpha value is -4.08. The van der Waals surface area contributed by atoms with E-state index in [4.69, 9.17) is 0 Å². The van der Waals surface area contributed by atoms with Gasteiger partial charge in [0.05, 0.1) is 26.8 Å². The maximum Gasteiger partial charge on any atom is 0.417 e. The average molecular weight is 455 g/mol. The first kappa shape index (κ1) is 22.1. The Morgan fingerprint density at radius 2 is 1.36 bits per heavy atom. The van der Waals surface area contributed by atoms with Crippen LogP contribution in [0.25, 0.3) is 11.1 Å². The Labute approximate surface area is 185 Å². The van der Waals surface area contributed by atoms with Crippen molar-refractivity contribution in [2.75, 3.05) is 0 Å². The molecule has 168 valence electrons. The lowest BCUT2D eigenvalue weighted by Gasteiger charge is -2.13. The van der Waals surface area contributed by atoms with Gasteiger partial charge in [-0.3, -0.25) is 20.2 Å². The molecule has 0 radical (unpaired) electrons. The lowest BCUT2D eigenvalue weighted by Crippen LogP contribution is -2.09. The molecule has 3 aromatic carbocycles. The van der Waals surface area contributed by atoms with E-state index in [1.165, 1.54) is 6.07 Å². The summed E-state index contributed by atoms with van der Waals surface area (Å²) in [6, 6.07) is 8.71. The van der Waals surface area contributed by atoms with Gasteiger partial charge in [-0.1, -0.05) is 17.7 Å². The van der Waals surface area contributed by atoms with Gasteiger partial charge in [0.15, 0.2) is 0 Å². The predicted octanol–water partition coefficient (Wildman–Crippen LogP) is 6.60. The summed E-state index contributed by atoms with van der Waals surface area (Å²) in [5.74, 6) is 0. The zero-order valence-corrected chi connectivity index (χ0v) is 17.6. The van der Waals surface area contributed by atoms with Gasteiger partial charge in [-0.05, 0) is 43.5 Å². The van der Waals surface area contributed by atoms with E-state index in [0.29, 0.717) is 11.8 Å². The van der Waals surface area contributed by atoms with Crippen molar-refractivity contribution in [1.29, 1.82) is 0 Å². The topological polar surface area (TPSA) is 98.6 Å². The molecule has 1 aliphatic carbocycles. The summed E-state index contributed by atoms with van der Waals surface area (Å²) in [4.78, 5) is 25.8. The quantitative estimate of drug-likeness (QED) is 0.257. The van der Waals surface area contributed by atoms with Crippen LogP contribution in [-0.4, -0.2) is 15.6 Å². The van der Waals surface area contributed by atoms with Crippen molar-refractivity contribution in [3.05, 3.63) is 96.1 Å². The number of non-ortho nitro benzene ring substituents is 2. The molecule has 0 unspecified atom stereocenters. The fourth-order valence-electron chi connectivity index (χ4n) is 4.22. The van der Waals surface area contributed by atoms with E-state index in [-0.39, 0.29) is 33.7 Å². The van der Waals surface area contributed by atoms with Crippen LogP contribution in [0.1, 0.15) is 33.4 Å². The lowest BCUT2D eigenvalue weighted by molar-refractivity contribution is -0.385. The highest BCUT2D eigenvalue weighted by Gasteiger charge is 2.41. The number of halogens is 3. The van der Waals surface area contributed by atoms with E-state index in [9.17, 15) is 33.4 Å². The van der Waals surface area contributed by atoms with Crippen LogP contribution in [0, 0.1) is 41.0 Å². The van der Waals surface area contributed by atoms with Crippen LogP contribution in [0.2, 0.25) is 0 Å². The Morgan fingerprint density at radius 3 is 1.91 bits per heavy atom. The molecule has 0 spiro atoms. The standard InChI is InChI=1S/C23H16F3N3O4/c1-11-6-12(2)21(13(3)7-11)27-22-17-8-14(28(30)31)4-5-16(17)20-18(22)9-15(29(32)33)10-19(20)23(24,25)26/h4-10H,1-3H3. The van der Waals surface area contributed by atoms with Gasteiger partial charge in [-0.25, -0.2) is 4.99 Å². The van der Waals surface area contributed by atoms with Crippen LogP contribution in [0.4, 0.5) is 30.2 Å². The van der Waals surface area contributed by atoms with Crippen LogP contribution in [0.5, 0.6) is 0 Å². The van der Waals surface area contributed by atoms with Gasteiger partial charge >= 0.3 is 6.18 Å². The maximum atomic E-state index is 13.9. The molecule has 0 saturated heterocycles. The molecular formula is C23H16F3N3O4. The van der Waals surface area contributed by atoms with E-state index < -0.39 is 27.3 Å². The number of alkyl halides is 3. The van der Waals surface area contributed by atoms with Crippen molar-refractivity contribution < 1.29 is 23.0 Å². The first-order valence-electron chi connectivity index (χ1n) is 9.74. The van der Waals surface area contributed by atoms with Crippen molar-refractivity contribution >= 4 is 22.8 Å². The highest BCUT2D eigenvalue weighted by molar-refractivity contribution is 6.26. The number of aryl methyl sites for hydroxylation is 3. The smallest absolute Gasteiger partial charge is 0.258 e. The summed E-state index contributed by atoms with van der Waals surface area (Å²) in [5, 5.41) is 22.8. The molecule has 0 aromatic heterocycles. The van der Waals surface area contributed by atoms with Crippen molar-refractivity contribution in [3.63, 3.8) is 0 Å². The Bertz CT molecular complexity index is 1370. The normalized spacial score (nSPS) is 13.7. The van der Waals surface area contributed by atoms with Gasteiger partial charge in [0.1, 0.15) is 0 Å². The maximum absolute atomic E-state index is 13.9. The van der Waals surface area contributed by atoms with Crippen molar-refractivity contribution in [3.8, 4) is 11.1 Å². The molecule has 10 heteroatoms. The van der Waals surface area contributed by atoms with E-state index >= 15 is 0 Å². The summed E-state index contributed by atoms with van der Waals surface area (Å²) < 4.78 is 41.8. The van der Waals surface area contributed by atoms with Crippen LogP contribution in [-0.2, 0) is 6.18 Å². The number of nitrogens with zero attached hydrogens (tertiary/aromatic N) is 3. The molecule has 0 N–H and O–H groups in total. The molecule has 0 fully saturated rings. The summed E-state index contributed by atoms with van der Waals surface area (Å²) in [6.07, 6.45) is -4.89. The molecular weight excluding hydrogens is 439 g/mol. The Balaban J connectivity index is 2.14. The number of fused-ring (bicyclic) bond motifs is 3. The first-order chi connectivity index (χ1) is 15.4. The molecule has 0 saturated carbocycles. The lowest BCUT2D eigenvalue weighted by atomic mass is 9.98. The van der Waals surface area contributed by atoms with E-state index in [1.807, 2.05) is 19.1 Å². The molecule has 33 heavy (non-hydrogen) atoms. The van der Waals surface area contributed by atoms with E-state index in [1.54, 1.807) is 13.8 Å². The minimum absolute atomic E-state index is 0.0213. The second-order valence-electron chi connectivity index (χ2n) is 7.87. The fourth-order valence-corrected chi connectivity index (χ4v) is 4.22. The van der Waals surface area contributed by atoms with Gasteiger partial charge in [0, 0.05) is 41.0 Å². The zero-order valence-electron chi connectivity index (χ0n) is 17.6. The van der Waals surface area contributed by atoms with Crippen LogP contribution in [0.3, 0.4) is 0 Å². The minimum Gasteiger partial charge on any atom is -0.258 e. The number of nitro benzene ring substituents is 2. The van der Waals surface area contributed by atoms with Crippen molar-refractivity contribution in [2.45, 2.75) is 26.9 Å². The summed E-state index contributed by atoms with van der Waals surface area (Å²) in [5.41, 5.74) is 0.547. The molecule has 0 bridgehead atoms. The third-order valence-electron chi connectivity index (χ3n) is 5.49. The highest BCUT2D eigenvalue weighted by atomic mass is 19.4. The van der Waals surface area contributed by atoms with E-state index in [0.717, 1.165) is 34.9 Å². The summed E-state index contributed by atoms with van der Waals surface area (Å²) >= 11 is 0.